The molecule has 1 aliphatic rings. The summed E-state index contributed by atoms with van der Waals surface area (Å²) in [6, 6.07) is 17.0. The van der Waals surface area contributed by atoms with E-state index in [4.69, 9.17) is 16.3 Å². The van der Waals surface area contributed by atoms with E-state index in [-0.39, 0.29) is 12.2 Å². The summed E-state index contributed by atoms with van der Waals surface area (Å²) in [5.74, 6) is 0.814. The van der Waals surface area contributed by atoms with Gasteiger partial charge in [-0.05, 0) is 55.7 Å². The van der Waals surface area contributed by atoms with E-state index < -0.39 is 0 Å². The molecule has 2 aromatic rings. The fourth-order valence-corrected chi connectivity index (χ4v) is 2.45. The van der Waals surface area contributed by atoms with Crippen molar-refractivity contribution in [1.29, 1.82) is 0 Å². The lowest BCUT2D eigenvalue weighted by molar-refractivity contribution is 0.0604. The van der Waals surface area contributed by atoms with E-state index in [2.05, 4.69) is 12.6 Å². The van der Waals surface area contributed by atoms with Crippen LogP contribution < -0.4 is 4.74 Å². The molecule has 2 atom stereocenters. The van der Waals surface area contributed by atoms with E-state index in [1.165, 1.54) is 0 Å². The summed E-state index contributed by atoms with van der Waals surface area (Å²) in [5, 5.41) is 10.4. The van der Waals surface area contributed by atoms with Crippen molar-refractivity contribution in [2.75, 3.05) is 0 Å². The van der Waals surface area contributed by atoms with Gasteiger partial charge in [-0.2, -0.15) is 0 Å². The van der Waals surface area contributed by atoms with Crippen molar-refractivity contribution >= 4 is 24.2 Å². The van der Waals surface area contributed by atoms with Gasteiger partial charge in [0.05, 0.1) is 6.10 Å². The van der Waals surface area contributed by atoms with Crippen molar-refractivity contribution in [3.8, 4) is 5.75 Å². The smallest absolute Gasteiger partial charge is 0.124 e. The number of halogens is 1. The topological polar surface area (TPSA) is 29.5 Å². The van der Waals surface area contributed by atoms with Crippen molar-refractivity contribution < 1.29 is 9.84 Å². The summed E-state index contributed by atoms with van der Waals surface area (Å²) >= 11 is 9.73. The maximum atomic E-state index is 9.56. The molecule has 1 N–H and O–H groups in total. The van der Waals surface area contributed by atoms with Gasteiger partial charge in [-0.15, -0.1) is 12.6 Å². The zero-order valence-corrected chi connectivity index (χ0v) is 13.3. The fraction of sp³-hybridized carbons (Fsp3) is 0.294. The molecule has 2 aromatic carbocycles. The third kappa shape index (κ3) is 5.62. The Labute approximate surface area is 136 Å². The minimum Gasteiger partial charge on any atom is -0.488 e. The van der Waals surface area contributed by atoms with Gasteiger partial charge in [0.25, 0.3) is 0 Å². The normalized spacial score (nSPS) is 20.5. The summed E-state index contributed by atoms with van der Waals surface area (Å²) < 4.78 is 5.66. The van der Waals surface area contributed by atoms with Crippen LogP contribution in [0.4, 0.5) is 0 Å². The second-order valence-electron chi connectivity index (χ2n) is 4.94. The highest BCUT2D eigenvalue weighted by Crippen LogP contribution is 2.25. The maximum absolute atomic E-state index is 9.56. The molecule has 21 heavy (non-hydrogen) atoms. The van der Waals surface area contributed by atoms with Gasteiger partial charge in [0, 0.05) is 9.92 Å². The van der Waals surface area contributed by atoms with E-state index in [9.17, 15) is 5.11 Å². The minimum atomic E-state index is -0.300. The van der Waals surface area contributed by atoms with Crippen LogP contribution in [0.5, 0.6) is 5.75 Å². The van der Waals surface area contributed by atoms with Crippen molar-refractivity contribution in [3.05, 3.63) is 59.6 Å². The monoisotopic (exact) mass is 322 g/mol. The molecule has 2 nitrogen and oxygen atoms in total. The van der Waals surface area contributed by atoms with E-state index in [1.807, 2.05) is 54.6 Å². The zero-order chi connectivity index (χ0) is 15.1. The van der Waals surface area contributed by atoms with Crippen molar-refractivity contribution in [1.82, 2.24) is 0 Å². The van der Waals surface area contributed by atoms with Gasteiger partial charge in [-0.1, -0.05) is 29.8 Å². The van der Waals surface area contributed by atoms with Gasteiger partial charge in [0.2, 0.25) is 0 Å². The molecule has 0 saturated heterocycles. The first-order valence-corrected chi connectivity index (χ1v) is 7.82. The Bertz CT molecular complexity index is 530. The maximum Gasteiger partial charge on any atom is 0.124 e. The first-order chi connectivity index (χ1) is 10.1. The first-order valence-electron chi connectivity index (χ1n) is 6.99. The minimum absolute atomic E-state index is 0.0271. The third-order valence-electron chi connectivity index (χ3n) is 3.27. The SMILES string of the molecule is Clc1ccccc1.OC1CCCC1Oc1ccc(S)cc1. The predicted octanol–water partition coefficient (Wildman–Crippen LogP) is 4.61. The van der Waals surface area contributed by atoms with E-state index in [0.717, 1.165) is 34.9 Å². The summed E-state index contributed by atoms with van der Waals surface area (Å²) in [5.41, 5.74) is 0. The molecule has 112 valence electrons. The first kappa shape index (κ1) is 16.2. The second-order valence-corrected chi connectivity index (χ2v) is 5.90. The molecule has 3 rings (SSSR count). The number of aliphatic hydroxyl groups is 1. The quantitative estimate of drug-likeness (QED) is 0.791. The highest BCUT2D eigenvalue weighted by molar-refractivity contribution is 7.80. The molecular weight excluding hydrogens is 304 g/mol. The summed E-state index contributed by atoms with van der Waals surface area (Å²) in [6.07, 6.45) is 2.53. The summed E-state index contributed by atoms with van der Waals surface area (Å²) in [6.45, 7) is 0. The molecule has 0 heterocycles. The standard InChI is InChI=1S/C11H14O2S.C6H5Cl/c12-10-2-1-3-11(10)13-8-4-6-9(14)7-5-8;7-6-4-2-1-3-5-6/h4-7,10-12,14H,1-3H2;1-5H. The predicted molar refractivity (Wildman–Crippen MR) is 89.4 cm³/mol. The number of rotatable bonds is 2. The molecular formula is C17H19ClO2S. The molecule has 1 aliphatic carbocycles. The van der Waals surface area contributed by atoms with Crippen LogP contribution in [-0.2, 0) is 0 Å². The molecule has 0 bridgehead atoms. The average Bonchev–Trinajstić information content (AvgIpc) is 2.88. The second kappa shape index (κ2) is 8.32. The number of aliphatic hydroxyl groups excluding tert-OH is 1. The Morgan fingerprint density at radius 1 is 1.00 bits per heavy atom. The van der Waals surface area contributed by atoms with Crippen LogP contribution in [0.25, 0.3) is 0 Å². The van der Waals surface area contributed by atoms with Crippen LogP contribution in [0.15, 0.2) is 59.5 Å². The molecule has 1 fully saturated rings. The highest BCUT2D eigenvalue weighted by atomic mass is 35.5. The molecule has 0 aromatic heterocycles. The molecule has 2 unspecified atom stereocenters. The van der Waals surface area contributed by atoms with Gasteiger partial charge in [-0.3, -0.25) is 0 Å². The Balaban J connectivity index is 0.000000194. The molecule has 0 spiro atoms. The number of hydrogen-bond acceptors (Lipinski definition) is 3. The van der Waals surface area contributed by atoms with Gasteiger partial charge in [0.1, 0.15) is 11.9 Å². The van der Waals surface area contributed by atoms with E-state index >= 15 is 0 Å². The number of ether oxygens (including phenoxy) is 1. The lowest BCUT2D eigenvalue weighted by Crippen LogP contribution is -2.25. The zero-order valence-electron chi connectivity index (χ0n) is 11.7. The van der Waals surface area contributed by atoms with Crippen LogP contribution in [0.1, 0.15) is 19.3 Å². The van der Waals surface area contributed by atoms with Crippen molar-refractivity contribution in [2.45, 2.75) is 36.4 Å². The van der Waals surface area contributed by atoms with Crippen LogP contribution in [0.2, 0.25) is 5.02 Å². The highest BCUT2D eigenvalue weighted by Gasteiger charge is 2.26. The third-order valence-corrected chi connectivity index (χ3v) is 3.83. The van der Waals surface area contributed by atoms with Crippen LogP contribution in [0, 0.1) is 0 Å². The Kier molecular flexibility index (Phi) is 6.43. The molecule has 0 aliphatic heterocycles. The molecule has 1 saturated carbocycles. The molecule has 0 radical (unpaired) electrons. The molecule has 4 heteroatoms. The number of thiol groups is 1. The van der Waals surface area contributed by atoms with Crippen molar-refractivity contribution in [3.63, 3.8) is 0 Å². The van der Waals surface area contributed by atoms with Crippen LogP contribution in [0.3, 0.4) is 0 Å². The van der Waals surface area contributed by atoms with Crippen molar-refractivity contribution in [2.24, 2.45) is 0 Å². The lowest BCUT2D eigenvalue weighted by Gasteiger charge is -2.16. The van der Waals surface area contributed by atoms with Gasteiger partial charge in [0.15, 0.2) is 0 Å². The molecule has 0 amide bonds. The Morgan fingerprint density at radius 3 is 2.14 bits per heavy atom. The summed E-state index contributed by atoms with van der Waals surface area (Å²) in [4.78, 5) is 0.921. The summed E-state index contributed by atoms with van der Waals surface area (Å²) in [7, 11) is 0. The van der Waals surface area contributed by atoms with Gasteiger partial charge >= 0.3 is 0 Å². The van der Waals surface area contributed by atoms with Crippen LogP contribution >= 0.6 is 24.2 Å². The lowest BCUT2D eigenvalue weighted by atomic mass is 10.2. The van der Waals surface area contributed by atoms with E-state index in [0.29, 0.717) is 0 Å². The Morgan fingerprint density at radius 2 is 1.67 bits per heavy atom. The number of hydrogen-bond donors (Lipinski definition) is 2. The van der Waals surface area contributed by atoms with E-state index in [1.54, 1.807) is 0 Å². The Hall–Kier alpha value is -1.16. The average molecular weight is 323 g/mol. The van der Waals surface area contributed by atoms with Crippen LogP contribution in [-0.4, -0.2) is 17.3 Å². The van der Waals surface area contributed by atoms with Gasteiger partial charge in [-0.25, -0.2) is 0 Å². The number of benzene rings is 2. The van der Waals surface area contributed by atoms with Gasteiger partial charge < -0.3 is 9.84 Å². The fourth-order valence-electron chi connectivity index (χ4n) is 2.16. The largest absolute Gasteiger partial charge is 0.488 e.